The molecule has 0 amide bonds. The van der Waals surface area contributed by atoms with Gasteiger partial charge in [-0.25, -0.2) is 8.78 Å². The highest BCUT2D eigenvalue weighted by atomic mass is 19.3. The van der Waals surface area contributed by atoms with Crippen LogP contribution in [0.15, 0.2) is 0 Å². The second-order valence-electron chi connectivity index (χ2n) is 3.94. The van der Waals surface area contributed by atoms with Gasteiger partial charge in [0.2, 0.25) is 5.92 Å². The number of alkyl halides is 2. The summed E-state index contributed by atoms with van der Waals surface area (Å²) >= 11 is 0. The smallest absolute Gasteiger partial charge is 0.308 e. The van der Waals surface area contributed by atoms with Crippen LogP contribution in [0, 0.1) is 11.8 Å². The summed E-state index contributed by atoms with van der Waals surface area (Å²) < 4.78 is 35.4. The number of carbonyl (C=O) groups excluding carboxylic acids is 2. The van der Waals surface area contributed by atoms with Gasteiger partial charge in [-0.05, 0) is 6.42 Å². The van der Waals surface area contributed by atoms with Crippen molar-refractivity contribution in [1.29, 1.82) is 0 Å². The molecule has 0 N–H and O–H groups in total. The standard InChI is InChI=1S/C10H14F2O4/c1-15-8(13)6-3-7(9(14)16-2)5-10(11,12)4-6/h6-7H,3-5H2,1-2H3/t6-,7-/m1/s1. The van der Waals surface area contributed by atoms with E-state index in [0.29, 0.717) is 0 Å². The van der Waals surface area contributed by atoms with E-state index in [2.05, 4.69) is 9.47 Å². The first-order valence-electron chi connectivity index (χ1n) is 4.93. The predicted octanol–water partition coefficient (Wildman–Crippen LogP) is 1.38. The average molecular weight is 236 g/mol. The van der Waals surface area contributed by atoms with Crippen LogP contribution in [0.2, 0.25) is 0 Å². The lowest BCUT2D eigenvalue weighted by atomic mass is 9.79. The molecule has 0 spiro atoms. The van der Waals surface area contributed by atoms with E-state index in [1.807, 2.05) is 0 Å². The van der Waals surface area contributed by atoms with Gasteiger partial charge in [-0.1, -0.05) is 0 Å². The third-order valence-corrected chi connectivity index (χ3v) is 2.73. The minimum atomic E-state index is -3.02. The van der Waals surface area contributed by atoms with Gasteiger partial charge in [0.1, 0.15) is 0 Å². The van der Waals surface area contributed by atoms with Gasteiger partial charge in [-0.3, -0.25) is 9.59 Å². The van der Waals surface area contributed by atoms with E-state index in [0.717, 1.165) is 14.2 Å². The monoisotopic (exact) mass is 236 g/mol. The van der Waals surface area contributed by atoms with E-state index in [1.54, 1.807) is 0 Å². The molecule has 1 aliphatic rings. The maximum atomic E-state index is 13.3. The first-order chi connectivity index (χ1) is 7.39. The summed E-state index contributed by atoms with van der Waals surface area (Å²) in [6, 6.07) is 0. The quantitative estimate of drug-likeness (QED) is 0.680. The lowest BCUT2D eigenvalue weighted by Crippen LogP contribution is -2.39. The molecule has 0 aromatic rings. The summed E-state index contributed by atoms with van der Waals surface area (Å²) in [5.41, 5.74) is 0. The second kappa shape index (κ2) is 4.76. The van der Waals surface area contributed by atoms with Gasteiger partial charge in [0, 0.05) is 12.8 Å². The Morgan fingerprint density at radius 3 is 1.75 bits per heavy atom. The Balaban J connectivity index is 2.77. The Kier molecular flexibility index (Phi) is 3.83. The molecule has 1 rings (SSSR count). The Morgan fingerprint density at radius 1 is 1.06 bits per heavy atom. The molecule has 92 valence electrons. The summed E-state index contributed by atoms with van der Waals surface area (Å²) in [5.74, 6) is -6.28. The van der Waals surface area contributed by atoms with Crippen molar-refractivity contribution in [2.24, 2.45) is 11.8 Å². The number of hydrogen-bond acceptors (Lipinski definition) is 4. The molecule has 0 unspecified atom stereocenters. The molecule has 6 heteroatoms. The number of rotatable bonds is 2. The first-order valence-corrected chi connectivity index (χ1v) is 4.93. The minimum absolute atomic E-state index is 0.0644. The summed E-state index contributed by atoms with van der Waals surface area (Å²) in [5, 5.41) is 0. The molecule has 0 saturated heterocycles. The summed E-state index contributed by atoms with van der Waals surface area (Å²) in [6.45, 7) is 0. The lowest BCUT2D eigenvalue weighted by Gasteiger charge is -2.31. The fourth-order valence-electron chi connectivity index (χ4n) is 2.01. The molecule has 4 nitrogen and oxygen atoms in total. The SMILES string of the molecule is COC(=O)[C@@H]1C[C@@H](C(=O)OC)CC(F)(F)C1. The van der Waals surface area contributed by atoms with E-state index in [9.17, 15) is 18.4 Å². The van der Waals surface area contributed by atoms with Crippen molar-refractivity contribution < 1.29 is 27.8 Å². The molecular weight excluding hydrogens is 222 g/mol. The van der Waals surface area contributed by atoms with Crippen LogP contribution in [0.5, 0.6) is 0 Å². The summed E-state index contributed by atoms with van der Waals surface area (Å²) in [4.78, 5) is 22.4. The van der Waals surface area contributed by atoms with E-state index in [4.69, 9.17) is 0 Å². The molecule has 0 aromatic carbocycles. The molecular formula is C10H14F2O4. The van der Waals surface area contributed by atoms with Crippen molar-refractivity contribution >= 4 is 11.9 Å². The Morgan fingerprint density at radius 2 is 1.44 bits per heavy atom. The highest BCUT2D eigenvalue weighted by Crippen LogP contribution is 2.40. The third kappa shape index (κ3) is 2.90. The molecule has 1 aliphatic carbocycles. The zero-order valence-electron chi connectivity index (χ0n) is 9.16. The van der Waals surface area contributed by atoms with Crippen molar-refractivity contribution in [3.63, 3.8) is 0 Å². The molecule has 16 heavy (non-hydrogen) atoms. The van der Waals surface area contributed by atoms with Crippen LogP contribution in [0.25, 0.3) is 0 Å². The topological polar surface area (TPSA) is 52.6 Å². The van der Waals surface area contributed by atoms with Gasteiger partial charge in [-0.15, -0.1) is 0 Å². The van der Waals surface area contributed by atoms with E-state index >= 15 is 0 Å². The first kappa shape index (κ1) is 12.9. The molecule has 0 aromatic heterocycles. The Labute approximate surface area is 91.9 Å². The number of hydrogen-bond donors (Lipinski definition) is 0. The highest BCUT2D eigenvalue weighted by molar-refractivity contribution is 5.76. The molecule has 0 heterocycles. The average Bonchev–Trinajstić information content (AvgIpc) is 2.24. The molecule has 0 bridgehead atoms. The van der Waals surface area contributed by atoms with Crippen molar-refractivity contribution in [2.75, 3.05) is 14.2 Å². The van der Waals surface area contributed by atoms with Crippen molar-refractivity contribution in [2.45, 2.75) is 25.2 Å². The molecule has 1 fully saturated rings. The van der Waals surface area contributed by atoms with E-state index < -0.39 is 42.5 Å². The number of ether oxygens (including phenoxy) is 2. The van der Waals surface area contributed by atoms with Crippen LogP contribution in [0.1, 0.15) is 19.3 Å². The van der Waals surface area contributed by atoms with Gasteiger partial charge in [0.05, 0.1) is 26.1 Å². The van der Waals surface area contributed by atoms with Gasteiger partial charge in [-0.2, -0.15) is 0 Å². The second-order valence-corrected chi connectivity index (χ2v) is 3.94. The zero-order valence-corrected chi connectivity index (χ0v) is 9.16. The number of methoxy groups -OCH3 is 2. The van der Waals surface area contributed by atoms with Crippen LogP contribution in [0.3, 0.4) is 0 Å². The van der Waals surface area contributed by atoms with Crippen LogP contribution in [-0.2, 0) is 19.1 Å². The normalized spacial score (nSPS) is 28.2. The van der Waals surface area contributed by atoms with Crippen LogP contribution in [0.4, 0.5) is 8.78 Å². The van der Waals surface area contributed by atoms with Gasteiger partial charge >= 0.3 is 11.9 Å². The largest absolute Gasteiger partial charge is 0.469 e. The maximum absolute atomic E-state index is 13.3. The summed E-state index contributed by atoms with van der Waals surface area (Å²) in [6.07, 6.45) is -1.06. The van der Waals surface area contributed by atoms with Gasteiger partial charge < -0.3 is 9.47 Å². The molecule has 1 saturated carbocycles. The lowest BCUT2D eigenvalue weighted by molar-refractivity contribution is -0.163. The molecule has 2 atom stereocenters. The van der Waals surface area contributed by atoms with Crippen molar-refractivity contribution in [3.05, 3.63) is 0 Å². The van der Waals surface area contributed by atoms with Crippen molar-refractivity contribution in [1.82, 2.24) is 0 Å². The fraction of sp³-hybridized carbons (Fsp3) is 0.800. The predicted molar refractivity (Wildman–Crippen MR) is 49.8 cm³/mol. The van der Waals surface area contributed by atoms with E-state index in [1.165, 1.54) is 0 Å². The minimum Gasteiger partial charge on any atom is -0.469 e. The molecule has 0 aliphatic heterocycles. The number of carbonyl (C=O) groups is 2. The fourth-order valence-corrected chi connectivity index (χ4v) is 2.01. The van der Waals surface area contributed by atoms with Crippen molar-refractivity contribution in [3.8, 4) is 0 Å². The highest BCUT2D eigenvalue weighted by Gasteiger charge is 2.46. The zero-order chi connectivity index (χ0) is 12.3. The molecule has 0 radical (unpaired) electrons. The number of halogens is 2. The van der Waals surface area contributed by atoms with Crippen LogP contribution < -0.4 is 0 Å². The Hall–Kier alpha value is -1.20. The number of esters is 2. The summed E-state index contributed by atoms with van der Waals surface area (Å²) in [7, 11) is 2.28. The maximum Gasteiger partial charge on any atom is 0.308 e. The third-order valence-electron chi connectivity index (χ3n) is 2.73. The van der Waals surface area contributed by atoms with Gasteiger partial charge in [0.25, 0.3) is 0 Å². The van der Waals surface area contributed by atoms with Crippen LogP contribution >= 0.6 is 0 Å². The van der Waals surface area contributed by atoms with Gasteiger partial charge in [0.15, 0.2) is 0 Å². The van der Waals surface area contributed by atoms with E-state index in [-0.39, 0.29) is 6.42 Å². The van der Waals surface area contributed by atoms with Crippen LogP contribution in [-0.4, -0.2) is 32.1 Å². The Bertz CT molecular complexity index is 265.